The normalized spacial score (nSPS) is 14.1. The summed E-state index contributed by atoms with van der Waals surface area (Å²) in [5, 5.41) is 0. The maximum Gasteiger partial charge on any atom is 0.112 e. The molecule has 1 aromatic heterocycles. The van der Waals surface area contributed by atoms with Crippen LogP contribution in [0.3, 0.4) is 0 Å². The zero-order valence-corrected chi connectivity index (χ0v) is 21.9. The van der Waals surface area contributed by atoms with Crippen LogP contribution < -0.4 is 0 Å². The van der Waals surface area contributed by atoms with Gasteiger partial charge >= 0.3 is 0 Å². The lowest BCUT2D eigenvalue weighted by Crippen LogP contribution is -2.35. The van der Waals surface area contributed by atoms with Crippen LogP contribution in [0.4, 0.5) is 0 Å². The molecule has 0 saturated carbocycles. The number of imidazole rings is 1. The van der Waals surface area contributed by atoms with Crippen LogP contribution in [0.15, 0.2) is 73.1 Å². The number of aryl methyl sites for hydroxylation is 1. The topological polar surface area (TPSA) is 17.8 Å². The minimum Gasteiger partial charge on any atom is -0.335 e. The molecule has 2 unspecified atom stereocenters. The van der Waals surface area contributed by atoms with Crippen molar-refractivity contribution in [3.63, 3.8) is 0 Å². The van der Waals surface area contributed by atoms with E-state index in [9.17, 15) is 0 Å². The van der Waals surface area contributed by atoms with Gasteiger partial charge in [0.25, 0.3) is 0 Å². The van der Waals surface area contributed by atoms with Crippen molar-refractivity contribution in [1.82, 2.24) is 9.55 Å². The first-order valence-corrected chi connectivity index (χ1v) is 13.8. The molecule has 1 heterocycles. The van der Waals surface area contributed by atoms with E-state index < -0.39 is 0 Å². The van der Waals surface area contributed by atoms with Gasteiger partial charge < -0.3 is 4.57 Å². The smallest absolute Gasteiger partial charge is 0.112 e. The molecule has 0 N–H and O–H groups in total. The van der Waals surface area contributed by atoms with Crippen LogP contribution in [0.1, 0.15) is 108 Å². The molecule has 0 bridgehead atoms. The number of aromatic nitrogens is 2. The molecule has 0 spiro atoms. The van der Waals surface area contributed by atoms with Gasteiger partial charge in [-0.1, -0.05) is 133 Å². The Morgan fingerprint density at radius 1 is 0.765 bits per heavy atom. The summed E-state index contributed by atoms with van der Waals surface area (Å²) in [6, 6.07) is 22.2. The van der Waals surface area contributed by atoms with Gasteiger partial charge in [-0.3, -0.25) is 0 Å². The van der Waals surface area contributed by atoms with E-state index in [4.69, 9.17) is 4.98 Å². The fraction of sp³-hybridized carbons (Fsp3) is 0.531. The van der Waals surface area contributed by atoms with E-state index in [0.29, 0.717) is 5.92 Å². The van der Waals surface area contributed by atoms with Crippen molar-refractivity contribution >= 4 is 0 Å². The maximum atomic E-state index is 4.98. The summed E-state index contributed by atoms with van der Waals surface area (Å²) in [6.07, 6.45) is 18.4. The highest BCUT2D eigenvalue weighted by Gasteiger charge is 2.39. The van der Waals surface area contributed by atoms with Crippen molar-refractivity contribution in [3.8, 4) is 0 Å². The molecule has 0 aliphatic rings. The van der Waals surface area contributed by atoms with Crippen molar-refractivity contribution in [2.45, 2.75) is 109 Å². The molecule has 3 aromatic rings. The number of benzene rings is 2. The average molecular weight is 459 g/mol. The zero-order chi connectivity index (χ0) is 24.1. The second kappa shape index (κ2) is 14.1. The maximum absolute atomic E-state index is 4.98. The van der Waals surface area contributed by atoms with Gasteiger partial charge in [0.15, 0.2) is 0 Å². The molecular weight excluding hydrogens is 412 g/mol. The molecular formula is C32H46N2. The summed E-state index contributed by atoms with van der Waals surface area (Å²) in [7, 11) is 0. The quantitative estimate of drug-likeness (QED) is 0.196. The van der Waals surface area contributed by atoms with E-state index in [2.05, 4.69) is 92.2 Å². The molecule has 0 saturated heterocycles. The van der Waals surface area contributed by atoms with Crippen LogP contribution in [-0.4, -0.2) is 9.55 Å². The van der Waals surface area contributed by atoms with Crippen molar-refractivity contribution in [1.29, 1.82) is 0 Å². The van der Waals surface area contributed by atoms with Crippen LogP contribution in [-0.2, 0) is 18.4 Å². The van der Waals surface area contributed by atoms with Crippen molar-refractivity contribution in [2.75, 3.05) is 0 Å². The molecule has 184 valence electrons. The Hall–Kier alpha value is -2.35. The minimum atomic E-state index is -0.0133. The van der Waals surface area contributed by atoms with E-state index in [1.807, 2.05) is 6.20 Å². The Morgan fingerprint density at radius 3 is 2.03 bits per heavy atom. The first kappa shape index (κ1) is 26.3. The van der Waals surface area contributed by atoms with E-state index in [1.165, 1.54) is 74.7 Å². The van der Waals surface area contributed by atoms with Gasteiger partial charge in [0, 0.05) is 30.3 Å². The zero-order valence-electron chi connectivity index (χ0n) is 21.9. The Balaban J connectivity index is 1.85. The van der Waals surface area contributed by atoms with Gasteiger partial charge in [-0.2, -0.15) is 0 Å². The number of hydrogen-bond donors (Lipinski definition) is 0. The Kier molecular flexibility index (Phi) is 10.9. The summed E-state index contributed by atoms with van der Waals surface area (Å²) in [6.45, 7) is 8.08. The molecule has 2 atom stereocenters. The van der Waals surface area contributed by atoms with Crippen LogP contribution in [0.2, 0.25) is 0 Å². The van der Waals surface area contributed by atoms with Gasteiger partial charge in [0.05, 0.1) is 0 Å². The molecule has 0 aliphatic carbocycles. The average Bonchev–Trinajstić information content (AvgIpc) is 3.32. The van der Waals surface area contributed by atoms with Gasteiger partial charge in [-0.25, -0.2) is 4.98 Å². The van der Waals surface area contributed by atoms with Gasteiger partial charge in [0.2, 0.25) is 0 Å². The molecule has 0 radical (unpaired) electrons. The predicted molar refractivity (Wildman–Crippen MR) is 146 cm³/mol. The van der Waals surface area contributed by atoms with Crippen LogP contribution in [0, 0.1) is 0 Å². The van der Waals surface area contributed by atoms with Gasteiger partial charge in [-0.15, -0.1) is 0 Å². The number of nitrogens with zero attached hydrogens (tertiary/aromatic N) is 2. The lowest BCUT2D eigenvalue weighted by Gasteiger charge is -2.39. The predicted octanol–water partition coefficient (Wildman–Crippen LogP) is 9.11. The van der Waals surface area contributed by atoms with Crippen LogP contribution in [0.5, 0.6) is 0 Å². The lowest BCUT2D eigenvalue weighted by atomic mass is 9.66. The first-order valence-electron chi connectivity index (χ1n) is 13.8. The number of hydrogen-bond acceptors (Lipinski definition) is 1. The van der Waals surface area contributed by atoms with Crippen LogP contribution >= 0.6 is 0 Å². The van der Waals surface area contributed by atoms with E-state index in [1.54, 1.807) is 0 Å². The van der Waals surface area contributed by atoms with E-state index in [-0.39, 0.29) is 5.41 Å². The van der Waals surface area contributed by atoms with E-state index >= 15 is 0 Å². The molecule has 0 aliphatic heterocycles. The monoisotopic (exact) mass is 458 g/mol. The second-order valence-corrected chi connectivity index (χ2v) is 10.2. The lowest BCUT2D eigenvalue weighted by molar-refractivity contribution is 0.322. The highest BCUT2D eigenvalue weighted by molar-refractivity contribution is 5.33. The molecule has 3 rings (SSSR count). The molecule has 2 heteroatoms. The Labute approximate surface area is 208 Å². The van der Waals surface area contributed by atoms with Gasteiger partial charge in [0.1, 0.15) is 5.82 Å². The largest absolute Gasteiger partial charge is 0.335 e. The van der Waals surface area contributed by atoms with Crippen molar-refractivity contribution in [2.24, 2.45) is 0 Å². The molecule has 0 amide bonds. The minimum absolute atomic E-state index is 0.0133. The Bertz CT molecular complexity index is 914. The van der Waals surface area contributed by atoms with Crippen molar-refractivity contribution < 1.29 is 0 Å². The fourth-order valence-corrected chi connectivity index (χ4v) is 5.54. The van der Waals surface area contributed by atoms with Crippen molar-refractivity contribution in [3.05, 3.63) is 90.0 Å². The first-order chi connectivity index (χ1) is 16.7. The third kappa shape index (κ3) is 7.32. The molecule has 2 nitrogen and oxygen atoms in total. The molecule has 2 aromatic carbocycles. The summed E-state index contributed by atoms with van der Waals surface area (Å²) in [5.74, 6) is 1.66. The second-order valence-electron chi connectivity index (χ2n) is 10.2. The SMILES string of the molecule is CCCCCCCCCCC(c1nccn1CCC)C(C)(Cc1ccccc1)c1ccccc1. The van der Waals surface area contributed by atoms with Gasteiger partial charge in [-0.05, 0) is 30.4 Å². The highest BCUT2D eigenvalue weighted by Crippen LogP contribution is 2.44. The standard InChI is InChI=1S/C32H46N2/c1-4-6-7-8-9-10-11-18-23-30(31-33-24-26-34(31)25-5-2)32(3,29-21-16-13-17-22-29)27-28-19-14-12-15-20-28/h12-17,19-22,24,26,30H,4-11,18,23,25,27H2,1-3H3. The highest BCUT2D eigenvalue weighted by atomic mass is 15.1. The van der Waals surface area contributed by atoms with Crippen LogP contribution in [0.25, 0.3) is 0 Å². The van der Waals surface area contributed by atoms with E-state index in [0.717, 1.165) is 19.4 Å². The third-order valence-electron chi connectivity index (χ3n) is 7.49. The molecule has 34 heavy (non-hydrogen) atoms. The summed E-state index contributed by atoms with van der Waals surface area (Å²) in [4.78, 5) is 4.98. The molecule has 0 fully saturated rings. The summed E-state index contributed by atoms with van der Waals surface area (Å²) >= 11 is 0. The summed E-state index contributed by atoms with van der Waals surface area (Å²) < 4.78 is 2.42. The number of rotatable bonds is 16. The Morgan fingerprint density at radius 2 is 1.38 bits per heavy atom. The fourth-order valence-electron chi connectivity index (χ4n) is 5.54. The third-order valence-corrected chi connectivity index (χ3v) is 7.49. The number of unbranched alkanes of at least 4 members (excludes halogenated alkanes) is 7. The summed E-state index contributed by atoms with van der Waals surface area (Å²) in [5.41, 5.74) is 2.82.